The normalized spacial score (nSPS) is 12.8. The Bertz CT molecular complexity index is 1530. The number of rotatable bonds is 6. The SMILES string of the molecule is CCOc1cccc(-c2c(C(N)=O)nn3c(-c4cn[nH]c4)cc(N4Cc5ccccc5C4)nc23)c1. The van der Waals surface area contributed by atoms with Crippen LogP contribution in [0.2, 0.25) is 0 Å². The number of nitrogens with two attached hydrogens (primary N) is 1. The number of hydrogen-bond donors (Lipinski definition) is 2. The second-order valence-corrected chi connectivity index (χ2v) is 8.40. The van der Waals surface area contributed by atoms with Gasteiger partial charge in [0.1, 0.15) is 11.6 Å². The number of ether oxygens (including phenoxy) is 1. The van der Waals surface area contributed by atoms with Gasteiger partial charge in [-0.25, -0.2) is 9.50 Å². The Kier molecular flexibility index (Phi) is 4.95. The van der Waals surface area contributed by atoms with Crippen LogP contribution in [0.15, 0.2) is 67.0 Å². The van der Waals surface area contributed by atoms with E-state index in [-0.39, 0.29) is 5.69 Å². The van der Waals surface area contributed by atoms with Gasteiger partial charge in [0.2, 0.25) is 0 Å². The second-order valence-electron chi connectivity index (χ2n) is 8.40. The van der Waals surface area contributed by atoms with Gasteiger partial charge in [0.25, 0.3) is 5.91 Å². The van der Waals surface area contributed by atoms with Gasteiger partial charge in [0, 0.05) is 30.9 Å². The van der Waals surface area contributed by atoms with Gasteiger partial charge >= 0.3 is 0 Å². The zero-order chi connectivity index (χ0) is 23.9. The van der Waals surface area contributed by atoms with Crippen LogP contribution in [0.4, 0.5) is 5.82 Å². The average molecular weight is 466 g/mol. The number of anilines is 1. The number of amides is 1. The van der Waals surface area contributed by atoms with E-state index in [1.54, 1.807) is 16.9 Å². The smallest absolute Gasteiger partial charge is 0.269 e. The molecular formula is C26H23N7O2. The summed E-state index contributed by atoms with van der Waals surface area (Å²) in [5.74, 6) is 0.851. The minimum atomic E-state index is -0.624. The molecule has 1 amide bonds. The third kappa shape index (κ3) is 3.57. The van der Waals surface area contributed by atoms with Crippen molar-refractivity contribution in [2.45, 2.75) is 20.0 Å². The number of H-pyrrole nitrogens is 1. The fourth-order valence-corrected chi connectivity index (χ4v) is 4.60. The van der Waals surface area contributed by atoms with Gasteiger partial charge in [0.15, 0.2) is 11.3 Å². The molecule has 35 heavy (non-hydrogen) atoms. The van der Waals surface area contributed by atoms with E-state index in [0.717, 1.165) is 35.7 Å². The van der Waals surface area contributed by atoms with E-state index in [4.69, 9.17) is 15.5 Å². The third-order valence-corrected chi connectivity index (χ3v) is 6.20. The molecule has 0 fully saturated rings. The van der Waals surface area contributed by atoms with Crippen molar-refractivity contribution in [3.05, 3.63) is 83.8 Å². The maximum atomic E-state index is 12.5. The molecule has 0 spiro atoms. The van der Waals surface area contributed by atoms with Crippen LogP contribution in [0.1, 0.15) is 28.5 Å². The first-order chi connectivity index (χ1) is 17.1. The summed E-state index contributed by atoms with van der Waals surface area (Å²) in [5, 5.41) is 11.6. The largest absolute Gasteiger partial charge is 0.494 e. The van der Waals surface area contributed by atoms with Crippen molar-refractivity contribution in [3.8, 4) is 28.1 Å². The van der Waals surface area contributed by atoms with Crippen molar-refractivity contribution in [2.24, 2.45) is 5.73 Å². The number of fused-ring (bicyclic) bond motifs is 2. The zero-order valence-corrected chi connectivity index (χ0v) is 19.1. The predicted molar refractivity (Wildman–Crippen MR) is 132 cm³/mol. The Morgan fingerprint density at radius 3 is 2.57 bits per heavy atom. The first kappa shape index (κ1) is 20.9. The molecule has 9 heteroatoms. The topological polar surface area (TPSA) is 114 Å². The highest BCUT2D eigenvalue weighted by Crippen LogP contribution is 2.36. The van der Waals surface area contributed by atoms with Crippen molar-refractivity contribution >= 4 is 17.4 Å². The molecule has 0 unspecified atom stereocenters. The summed E-state index contributed by atoms with van der Waals surface area (Å²) in [5.41, 5.74) is 11.9. The van der Waals surface area contributed by atoms with Crippen molar-refractivity contribution in [3.63, 3.8) is 0 Å². The molecule has 6 rings (SSSR count). The molecule has 5 aromatic rings. The molecule has 9 nitrogen and oxygen atoms in total. The van der Waals surface area contributed by atoms with Crippen LogP contribution in [-0.4, -0.2) is 37.3 Å². The lowest BCUT2D eigenvalue weighted by Gasteiger charge is -2.18. The summed E-state index contributed by atoms with van der Waals surface area (Å²) in [6, 6.07) is 17.9. The molecule has 0 bridgehead atoms. The van der Waals surface area contributed by atoms with E-state index in [9.17, 15) is 4.79 Å². The summed E-state index contributed by atoms with van der Waals surface area (Å²) in [6.45, 7) is 3.95. The highest BCUT2D eigenvalue weighted by molar-refractivity contribution is 6.02. The van der Waals surface area contributed by atoms with Crippen LogP contribution in [0.5, 0.6) is 5.75 Å². The number of aromatic amines is 1. The van der Waals surface area contributed by atoms with E-state index >= 15 is 0 Å². The van der Waals surface area contributed by atoms with Gasteiger partial charge < -0.3 is 15.4 Å². The third-order valence-electron chi connectivity index (χ3n) is 6.20. The number of carbonyl (C=O) groups is 1. The van der Waals surface area contributed by atoms with Crippen LogP contribution in [0.25, 0.3) is 28.0 Å². The fraction of sp³-hybridized carbons (Fsp3) is 0.154. The molecular weight excluding hydrogens is 442 g/mol. The minimum Gasteiger partial charge on any atom is -0.494 e. The van der Waals surface area contributed by atoms with Gasteiger partial charge in [-0.15, -0.1) is 0 Å². The van der Waals surface area contributed by atoms with Crippen molar-refractivity contribution < 1.29 is 9.53 Å². The number of benzene rings is 2. The number of carbonyl (C=O) groups excluding carboxylic acids is 1. The minimum absolute atomic E-state index is 0.151. The first-order valence-electron chi connectivity index (χ1n) is 11.4. The van der Waals surface area contributed by atoms with Crippen molar-refractivity contribution in [2.75, 3.05) is 11.5 Å². The van der Waals surface area contributed by atoms with Gasteiger partial charge in [-0.3, -0.25) is 9.89 Å². The molecule has 0 radical (unpaired) electrons. The summed E-state index contributed by atoms with van der Waals surface area (Å²) < 4.78 is 7.36. The molecule has 0 saturated heterocycles. The lowest BCUT2D eigenvalue weighted by Crippen LogP contribution is -2.17. The summed E-state index contributed by atoms with van der Waals surface area (Å²) in [4.78, 5) is 19.7. The fourth-order valence-electron chi connectivity index (χ4n) is 4.60. The van der Waals surface area contributed by atoms with Gasteiger partial charge in [0.05, 0.1) is 24.1 Å². The average Bonchev–Trinajstić information content (AvgIpc) is 3.62. The highest BCUT2D eigenvalue weighted by atomic mass is 16.5. The second kappa shape index (κ2) is 8.28. The number of primary amides is 1. The van der Waals surface area contributed by atoms with Gasteiger partial charge in [-0.05, 0) is 35.7 Å². The zero-order valence-electron chi connectivity index (χ0n) is 19.1. The Balaban J connectivity index is 1.59. The Morgan fingerprint density at radius 2 is 1.89 bits per heavy atom. The molecule has 3 N–H and O–H groups in total. The van der Waals surface area contributed by atoms with Gasteiger partial charge in [-0.2, -0.15) is 10.2 Å². The van der Waals surface area contributed by atoms with Crippen LogP contribution >= 0.6 is 0 Å². The Morgan fingerprint density at radius 1 is 1.09 bits per heavy atom. The first-order valence-corrected chi connectivity index (χ1v) is 11.4. The number of aromatic nitrogens is 5. The lowest BCUT2D eigenvalue weighted by atomic mass is 10.0. The molecule has 174 valence electrons. The molecule has 2 aromatic carbocycles. The molecule has 0 saturated carbocycles. The standard InChI is InChI=1S/C26H23N7O2/c1-2-35-20-9-5-8-16(10-20)23-24(25(27)34)31-33-21(19-12-28-29-13-19)11-22(30-26(23)33)32-14-17-6-3-4-7-18(17)15-32/h3-13H,2,14-15H2,1H3,(H2,27,34)(H,28,29). The molecule has 1 aliphatic heterocycles. The van der Waals surface area contributed by atoms with E-state index in [2.05, 4.69) is 44.5 Å². The van der Waals surface area contributed by atoms with E-state index in [1.165, 1.54) is 11.1 Å². The molecule has 3 aromatic heterocycles. The van der Waals surface area contributed by atoms with Crippen LogP contribution in [0, 0.1) is 0 Å². The van der Waals surface area contributed by atoms with E-state index in [1.807, 2.05) is 37.3 Å². The maximum Gasteiger partial charge on any atom is 0.269 e. The summed E-state index contributed by atoms with van der Waals surface area (Å²) in [6.07, 6.45) is 3.51. The van der Waals surface area contributed by atoms with Crippen LogP contribution in [-0.2, 0) is 13.1 Å². The Labute approximate surface area is 201 Å². The number of nitrogens with one attached hydrogen (secondary N) is 1. The van der Waals surface area contributed by atoms with Gasteiger partial charge in [-0.1, -0.05) is 36.4 Å². The monoisotopic (exact) mass is 465 g/mol. The molecule has 4 heterocycles. The highest BCUT2D eigenvalue weighted by Gasteiger charge is 2.26. The predicted octanol–water partition coefficient (Wildman–Crippen LogP) is 3.80. The number of nitrogens with zero attached hydrogens (tertiary/aromatic N) is 5. The Hall–Kier alpha value is -4.66. The van der Waals surface area contributed by atoms with E-state index in [0.29, 0.717) is 23.6 Å². The quantitative estimate of drug-likeness (QED) is 0.394. The van der Waals surface area contributed by atoms with Crippen molar-refractivity contribution in [1.82, 2.24) is 24.8 Å². The molecule has 1 aliphatic rings. The lowest BCUT2D eigenvalue weighted by molar-refractivity contribution is 0.0996. The summed E-state index contributed by atoms with van der Waals surface area (Å²) in [7, 11) is 0. The van der Waals surface area contributed by atoms with Crippen LogP contribution < -0.4 is 15.4 Å². The molecule has 0 atom stereocenters. The van der Waals surface area contributed by atoms with Crippen LogP contribution in [0.3, 0.4) is 0 Å². The molecule has 0 aliphatic carbocycles. The van der Waals surface area contributed by atoms with Crippen molar-refractivity contribution in [1.29, 1.82) is 0 Å². The number of hydrogen-bond acceptors (Lipinski definition) is 6. The van der Waals surface area contributed by atoms with E-state index < -0.39 is 5.91 Å². The summed E-state index contributed by atoms with van der Waals surface area (Å²) >= 11 is 0. The maximum absolute atomic E-state index is 12.5.